The molecule has 16 heavy (non-hydrogen) atoms. The van der Waals surface area contributed by atoms with Crippen LogP contribution in [0.3, 0.4) is 0 Å². The Hall–Kier alpha value is -0.610. The molecule has 1 saturated carbocycles. The average Bonchev–Trinajstić information content (AvgIpc) is 2.63. The highest BCUT2D eigenvalue weighted by molar-refractivity contribution is 5.75. The third kappa shape index (κ3) is 2.23. The van der Waals surface area contributed by atoms with Gasteiger partial charge in [-0.25, -0.2) is 0 Å². The zero-order chi connectivity index (χ0) is 11.6. The van der Waals surface area contributed by atoms with Crippen LogP contribution in [-0.2, 0) is 9.53 Å². The second-order valence-corrected chi connectivity index (χ2v) is 5.29. The Morgan fingerprint density at radius 1 is 1.38 bits per heavy atom. The van der Waals surface area contributed by atoms with Gasteiger partial charge in [-0.05, 0) is 19.8 Å². The van der Waals surface area contributed by atoms with Crippen LogP contribution in [0.4, 0.5) is 0 Å². The summed E-state index contributed by atoms with van der Waals surface area (Å²) in [5, 5.41) is 12.7. The summed E-state index contributed by atoms with van der Waals surface area (Å²) in [5.74, 6) is -0.752. The molecule has 0 spiro atoms. The summed E-state index contributed by atoms with van der Waals surface area (Å²) in [6, 6.07) is 0.451. The predicted octanol–water partition coefficient (Wildman–Crippen LogP) is 1.40. The molecule has 92 valence electrons. The Labute approximate surface area is 96.4 Å². The molecule has 4 heteroatoms. The lowest BCUT2D eigenvalue weighted by Gasteiger charge is -2.31. The van der Waals surface area contributed by atoms with Crippen LogP contribution in [0.2, 0.25) is 0 Å². The zero-order valence-electron chi connectivity index (χ0n) is 9.87. The summed E-state index contributed by atoms with van der Waals surface area (Å²) in [6.07, 6.45) is 6.18. The van der Waals surface area contributed by atoms with Crippen LogP contribution in [0.1, 0.15) is 39.0 Å². The van der Waals surface area contributed by atoms with E-state index in [9.17, 15) is 9.90 Å². The maximum Gasteiger partial charge on any atom is 0.313 e. The second kappa shape index (κ2) is 4.72. The first-order chi connectivity index (χ1) is 7.63. The van der Waals surface area contributed by atoms with Crippen LogP contribution in [0.25, 0.3) is 0 Å². The van der Waals surface area contributed by atoms with Gasteiger partial charge in [0.25, 0.3) is 0 Å². The monoisotopic (exact) mass is 227 g/mol. The van der Waals surface area contributed by atoms with Crippen LogP contribution in [0.15, 0.2) is 0 Å². The maximum absolute atomic E-state index is 11.3. The first-order valence-corrected chi connectivity index (χ1v) is 6.20. The van der Waals surface area contributed by atoms with Crippen molar-refractivity contribution in [2.24, 2.45) is 5.41 Å². The number of ether oxygens (including phenoxy) is 1. The Balaban J connectivity index is 1.95. The molecule has 0 aromatic carbocycles. The van der Waals surface area contributed by atoms with Crippen molar-refractivity contribution in [1.82, 2.24) is 5.32 Å². The molecule has 2 unspecified atom stereocenters. The SMILES string of the molecule is CC1(C(=O)O)COCC1NC1CCCCC1. The van der Waals surface area contributed by atoms with Crippen molar-refractivity contribution in [3.05, 3.63) is 0 Å². The highest BCUT2D eigenvalue weighted by Crippen LogP contribution is 2.30. The van der Waals surface area contributed by atoms with Crippen molar-refractivity contribution in [3.63, 3.8) is 0 Å². The molecule has 2 rings (SSSR count). The van der Waals surface area contributed by atoms with Gasteiger partial charge in [0.2, 0.25) is 0 Å². The molecule has 0 aromatic heterocycles. The van der Waals surface area contributed by atoms with Crippen molar-refractivity contribution in [2.75, 3.05) is 13.2 Å². The average molecular weight is 227 g/mol. The fourth-order valence-corrected chi connectivity index (χ4v) is 2.67. The van der Waals surface area contributed by atoms with E-state index < -0.39 is 11.4 Å². The lowest BCUT2D eigenvalue weighted by molar-refractivity contribution is -0.148. The molecule has 2 N–H and O–H groups in total. The molecule has 4 nitrogen and oxygen atoms in total. The van der Waals surface area contributed by atoms with Gasteiger partial charge in [0.1, 0.15) is 5.41 Å². The minimum Gasteiger partial charge on any atom is -0.481 e. The molecule has 1 aliphatic heterocycles. The third-order valence-electron chi connectivity index (χ3n) is 3.99. The van der Waals surface area contributed by atoms with Gasteiger partial charge in [0.15, 0.2) is 0 Å². The number of nitrogens with one attached hydrogen (secondary N) is 1. The molecular formula is C12H21NO3. The van der Waals surface area contributed by atoms with Crippen molar-refractivity contribution in [3.8, 4) is 0 Å². The fourth-order valence-electron chi connectivity index (χ4n) is 2.67. The van der Waals surface area contributed by atoms with Crippen molar-refractivity contribution in [2.45, 2.75) is 51.1 Å². The minimum absolute atomic E-state index is 0.0342. The Morgan fingerprint density at radius 3 is 2.69 bits per heavy atom. The van der Waals surface area contributed by atoms with Gasteiger partial charge in [0.05, 0.1) is 13.2 Å². The highest BCUT2D eigenvalue weighted by atomic mass is 16.5. The molecule has 2 fully saturated rings. The van der Waals surface area contributed by atoms with Gasteiger partial charge in [-0.3, -0.25) is 4.79 Å². The molecule has 0 amide bonds. The number of hydrogen-bond acceptors (Lipinski definition) is 3. The molecule has 0 bridgehead atoms. The Kier molecular flexibility index (Phi) is 3.50. The topological polar surface area (TPSA) is 58.6 Å². The standard InChI is InChI=1S/C12H21NO3/c1-12(11(14)15)8-16-7-10(12)13-9-5-3-2-4-6-9/h9-10,13H,2-8H2,1H3,(H,14,15). The maximum atomic E-state index is 11.3. The van der Waals surface area contributed by atoms with E-state index in [1.54, 1.807) is 6.92 Å². The van der Waals surface area contributed by atoms with Crippen molar-refractivity contribution in [1.29, 1.82) is 0 Å². The van der Waals surface area contributed by atoms with Crippen LogP contribution in [0, 0.1) is 5.41 Å². The van der Waals surface area contributed by atoms with Gasteiger partial charge in [-0.15, -0.1) is 0 Å². The Bertz CT molecular complexity index is 263. The van der Waals surface area contributed by atoms with E-state index in [4.69, 9.17) is 4.74 Å². The quantitative estimate of drug-likeness (QED) is 0.765. The molecule has 0 aromatic rings. The number of hydrogen-bond donors (Lipinski definition) is 2. The summed E-state index contributed by atoms with van der Waals surface area (Å²) in [4.78, 5) is 11.3. The van der Waals surface area contributed by atoms with E-state index >= 15 is 0 Å². The van der Waals surface area contributed by atoms with Gasteiger partial charge >= 0.3 is 5.97 Å². The lowest BCUT2D eigenvalue weighted by atomic mass is 9.84. The summed E-state index contributed by atoms with van der Waals surface area (Å²) in [6.45, 7) is 2.63. The van der Waals surface area contributed by atoms with Gasteiger partial charge in [-0.2, -0.15) is 0 Å². The number of aliphatic carboxylic acids is 1. The summed E-state index contributed by atoms with van der Waals surface area (Å²) < 4.78 is 5.33. The Morgan fingerprint density at radius 2 is 2.06 bits per heavy atom. The van der Waals surface area contributed by atoms with E-state index in [1.807, 2.05) is 0 Å². The molecule has 1 heterocycles. The molecule has 0 radical (unpaired) electrons. The molecule has 2 atom stereocenters. The van der Waals surface area contributed by atoms with Crippen LogP contribution in [-0.4, -0.2) is 36.4 Å². The van der Waals surface area contributed by atoms with Crippen LogP contribution >= 0.6 is 0 Å². The molecular weight excluding hydrogens is 206 g/mol. The largest absolute Gasteiger partial charge is 0.481 e. The van der Waals surface area contributed by atoms with Crippen molar-refractivity contribution >= 4 is 5.97 Å². The first-order valence-electron chi connectivity index (χ1n) is 6.20. The fraction of sp³-hybridized carbons (Fsp3) is 0.917. The second-order valence-electron chi connectivity index (χ2n) is 5.29. The van der Waals surface area contributed by atoms with E-state index in [0.29, 0.717) is 19.3 Å². The van der Waals surface area contributed by atoms with Crippen LogP contribution < -0.4 is 5.32 Å². The number of rotatable bonds is 3. The van der Waals surface area contributed by atoms with Crippen LogP contribution in [0.5, 0.6) is 0 Å². The van der Waals surface area contributed by atoms with Gasteiger partial charge in [-0.1, -0.05) is 19.3 Å². The smallest absolute Gasteiger partial charge is 0.313 e. The normalized spacial score (nSPS) is 36.4. The molecule has 1 aliphatic carbocycles. The van der Waals surface area contributed by atoms with Crippen molar-refractivity contribution < 1.29 is 14.6 Å². The highest BCUT2D eigenvalue weighted by Gasteiger charge is 2.47. The summed E-state index contributed by atoms with van der Waals surface area (Å²) in [5.41, 5.74) is -0.753. The minimum atomic E-state index is -0.753. The van der Waals surface area contributed by atoms with Gasteiger partial charge in [0, 0.05) is 12.1 Å². The zero-order valence-corrected chi connectivity index (χ0v) is 9.87. The van der Waals surface area contributed by atoms with E-state index in [1.165, 1.54) is 32.1 Å². The van der Waals surface area contributed by atoms with E-state index in [0.717, 1.165) is 0 Å². The van der Waals surface area contributed by atoms with Gasteiger partial charge < -0.3 is 15.2 Å². The predicted molar refractivity (Wildman–Crippen MR) is 60.4 cm³/mol. The first kappa shape index (κ1) is 11.9. The third-order valence-corrected chi connectivity index (χ3v) is 3.99. The number of carboxylic acid groups (broad SMARTS) is 1. The summed E-state index contributed by atoms with van der Waals surface area (Å²) >= 11 is 0. The number of carbonyl (C=O) groups is 1. The molecule has 1 saturated heterocycles. The van der Waals surface area contributed by atoms with E-state index in [2.05, 4.69) is 5.32 Å². The molecule has 2 aliphatic rings. The summed E-state index contributed by atoms with van der Waals surface area (Å²) in [7, 11) is 0. The van der Waals surface area contributed by atoms with E-state index in [-0.39, 0.29) is 6.04 Å². The number of carboxylic acids is 1. The lowest BCUT2D eigenvalue weighted by Crippen LogP contribution is -2.51.